The third-order valence-corrected chi connectivity index (χ3v) is 7.31. The van der Waals surface area contributed by atoms with Crippen molar-refractivity contribution in [3.8, 4) is 11.5 Å². The quantitative estimate of drug-likeness (QED) is 0.767. The molecule has 1 atom stereocenters. The van der Waals surface area contributed by atoms with Crippen molar-refractivity contribution in [3.63, 3.8) is 0 Å². The summed E-state index contributed by atoms with van der Waals surface area (Å²) >= 11 is 6.04. The molecule has 1 N–H and O–H groups in total. The summed E-state index contributed by atoms with van der Waals surface area (Å²) < 4.78 is 10.7. The molecule has 6 nitrogen and oxygen atoms in total. The monoisotopic (exact) mass is 440 g/mol. The molecule has 2 aromatic rings. The van der Waals surface area contributed by atoms with Crippen LogP contribution in [0.5, 0.6) is 11.5 Å². The Kier molecular flexibility index (Phi) is 4.85. The molecule has 1 aliphatic carbocycles. The van der Waals surface area contributed by atoms with E-state index in [1.807, 2.05) is 49.4 Å². The van der Waals surface area contributed by atoms with Crippen molar-refractivity contribution in [1.82, 2.24) is 10.2 Å². The summed E-state index contributed by atoms with van der Waals surface area (Å²) in [6.45, 7) is 3.05. The Hall–Kier alpha value is -2.73. The van der Waals surface area contributed by atoms with Crippen molar-refractivity contribution in [2.75, 3.05) is 13.3 Å². The number of rotatable bonds is 5. The van der Waals surface area contributed by atoms with E-state index in [4.69, 9.17) is 21.1 Å². The first-order chi connectivity index (χ1) is 14.9. The molecule has 0 bridgehead atoms. The molecule has 5 rings (SSSR count). The van der Waals surface area contributed by atoms with Crippen LogP contribution in [-0.4, -0.2) is 35.6 Å². The summed E-state index contributed by atoms with van der Waals surface area (Å²) in [6.07, 6.45) is 3.27. The van der Waals surface area contributed by atoms with E-state index in [0.717, 1.165) is 30.4 Å². The number of ether oxygens (including phenoxy) is 2. The molecule has 162 valence electrons. The van der Waals surface area contributed by atoms with Crippen LogP contribution in [0.25, 0.3) is 0 Å². The number of amides is 2. The van der Waals surface area contributed by atoms with Gasteiger partial charge in [-0.3, -0.25) is 9.59 Å². The zero-order chi connectivity index (χ0) is 21.6. The van der Waals surface area contributed by atoms with E-state index < -0.39 is 11.0 Å². The molecule has 7 heteroatoms. The van der Waals surface area contributed by atoms with Gasteiger partial charge in [-0.1, -0.05) is 36.2 Å². The van der Waals surface area contributed by atoms with Gasteiger partial charge in [0, 0.05) is 18.1 Å². The molecule has 3 aliphatic rings. The maximum atomic E-state index is 13.6. The predicted molar refractivity (Wildman–Crippen MR) is 116 cm³/mol. The molecule has 2 aromatic carbocycles. The number of nitrogens with one attached hydrogen (secondary N) is 1. The second-order valence-corrected chi connectivity index (χ2v) is 9.23. The van der Waals surface area contributed by atoms with Gasteiger partial charge < -0.3 is 19.7 Å². The first kappa shape index (κ1) is 20.2. The number of likely N-dealkylation sites (tertiary alicyclic amines) is 1. The molecular weight excluding hydrogens is 416 g/mol. The highest BCUT2D eigenvalue weighted by molar-refractivity contribution is 6.30. The van der Waals surface area contributed by atoms with Crippen LogP contribution in [0.15, 0.2) is 42.5 Å². The standard InChI is InChI=1S/C24H25ClN2O4/c1-23(21(28)26-14-16-3-8-19-20(13-16)31-15-30-19)11-12-27(23)22(29)24(9-2-10-24)17-4-6-18(25)7-5-17/h3-8,13H,2,9-12,14-15H2,1H3,(H,26,28). The maximum Gasteiger partial charge on any atom is 0.246 e. The summed E-state index contributed by atoms with van der Waals surface area (Å²) in [5.41, 5.74) is 0.546. The van der Waals surface area contributed by atoms with Crippen molar-refractivity contribution in [2.24, 2.45) is 0 Å². The predicted octanol–water partition coefficient (Wildman–Crippen LogP) is 3.80. The van der Waals surface area contributed by atoms with Crippen LogP contribution in [0.2, 0.25) is 5.02 Å². The summed E-state index contributed by atoms with van der Waals surface area (Å²) in [5, 5.41) is 3.66. The molecule has 2 fully saturated rings. The molecule has 2 heterocycles. The van der Waals surface area contributed by atoms with E-state index in [0.29, 0.717) is 36.0 Å². The molecule has 1 saturated heterocycles. The lowest BCUT2D eigenvalue weighted by Crippen LogP contribution is -2.70. The number of benzene rings is 2. The molecule has 1 unspecified atom stereocenters. The van der Waals surface area contributed by atoms with Crippen molar-refractivity contribution >= 4 is 23.4 Å². The smallest absolute Gasteiger partial charge is 0.246 e. The lowest BCUT2D eigenvalue weighted by atomic mass is 9.62. The van der Waals surface area contributed by atoms with Crippen molar-refractivity contribution in [1.29, 1.82) is 0 Å². The van der Waals surface area contributed by atoms with Crippen LogP contribution >= 0.6 is 11.6 Å². The van der Waals surface area contributed by atoms with E-state index in [-0.39, 0.29) is 18.6 Å². The number of hydrogen-bond acceptors (Lipinski definition) is 4. The number of hydrogen-bond donors (Lipinski definition) is 1. The van der Waals surface area contributed by atoms with Gasteiger partial charge in [-0.25, -0.2) is 0 Å². The number of carbonyl (C=O) groups is 2. The van der Waals surface area contributed by atoms with E-state index in [1.54, 1.807) is 4.90 Å². The summed E-state index contributed by atoms with van der Waals surface area (Å²) in [5.74, 6) is 1.32. The van der Waals surface area contributed by atoms with Gasteiger partial charge in [0.05, 0.1) is 5.41 Å². The Morgan fingerprint density at radius 1 is 1.06 bits per heavy atom. The lowest BCUT2D eigenvalue weighted by molar-refractivity contribution is -0.164. The fourth-order valence-corrected chi connectivity index (χ4v) is 4.85. The van der Waals surface area contributed by atoms with Gasteiger partial charge in [0.1, 0.15) is 5.54 Å². The molecule has 2 aliphatic heterocycles. The van der Waals surface area contributed by atoms with Gasteiger partial charge in [0.15, 0.2) is 11.5 Å². The van der Waals surface area contributed by atoms with Crippen LogP contribution < -0.4 is 14.8 Å². The Morgan fingerprint density at radius 3 is 2.45 bits per heavy atom. The van der Waals surface area contributed by atoms with Gasteiger partial charge in [-0.05, 0) is 61.6 Å². The van der Waals surface area contributed by atoms with E-state index in [1.165, 1.54) is 0 Å². The third kappa shape index (κ3) is 3.24. The SMILES string of the molecule is CC1(C(=O)NCc2ccc3c(c2)OCO3)CCN1C(=O)C1(c2ccc(Cl)cc2)CCC1. The van der Waals surface area contributed by atoms with Crippen molar-refractivity contribution < 1.29 is 19.1 Å². The molecule has 2 amide bonds. The average molecular weight is 441 g/mol. The minimum absolute atomic E-state index is 0.0491. The highest BCUT2D eigenvalue weighted by Gasteiger charge is 2.56. The minimum atomic E-state index is -0.831. The Bertz CT molecular complexity index is 1030. The van der Waals surface area contributed by atoms with Gasteiger partial charge in [0.25, 0.3) is 0 Å². The van der Waals surface area contributed by atoms with Crippen molar-refractivity contribution in [3.05, 3.63) is 58.6 Å². The molecular formula is C24H25ClN2O4. The van der Waals surface area contributed by atoms with Crippen LogP contribution in [0.1, 0.15) is 43.7 Å². The topological polar surface area (TPSA) is 67.9 Å². The summed E-state index contributed by atoms with van der Waals surface area (Å²) in [7, 11) is 0. The molecule has 31 heavy (non-hydrogen) atoms. The van der Waals surface area contributed by atoms with Crippen LogP contribution in [0.4, 0.5) is 0 Å². The van der Waals surface area contributed by atoms with Crippen LogP contribution in [0.3, 0.4) is 0 Å². The second-order valence-electron chi connectivity index (χ2n) is 8.79. The number of fused-ring (bicyclic) bond motifs is 1. The van der Waals surface area contributed by atoms with E-state index in [9.17, 15) is 9.59 Å². The Labute approximate surface area is 186 Å². The Balaban J connectivity index is 1.29. The zero-order valence-electron chi connectivity index (χ0n) is 17.4. The first-order valence-corrected chi connectivity index (χ1v) is 11.1. The van der Waals surface area contributed by atoms with Gasteiger partial charge in [0.2, 0.25) is 18.6 Å². The number of halogens is 1. The molecule has 1 saturated carbocycles. The van der Waals surface area contributed by atoms with Crippen LogP contribution in [0, 0.1) is 0 Å². The maximum absolute atomic E-state index is 13.6. The average Bonchev–Trinajstić information content (AvgIpc) is 3.19. The Morgan fingerprint density at radius 2 is 1.81 bits per heavy atom. The second kappa shape index (κ2) is 7.45. The summed E-state index contributed by atoms with van der Waals surface area (Å²) in [4.78, 5) is 28.5. The fourth-order valence-electron chi connectivity index (χ4n) is 4.73. The molecule has 0 aromatic heterocycles. The van der Waals surface area contributed by atoms with Gasteiger partial charge in [-0.2, -0.15) is 0 Å². The number of carbonyl (C=O) groups excluding carboxylic acids is 2. The van der Waals surface area contributed by atoms with Crippen LogP contribution in [-0.2, 0) is 21.5 Å². The van der Waals surface area contributed by atoms with Crippen molar-refractivity contribution in [2.45, 2.75) is 50.1 Å². The largest absolute Gasteiger partial charge is 0.454 e. The highest BCUT2D eigenvalue weighted by atomic mass is 35.5. The first-order valence-electron chi connectivity index (χ1n) is 10.7. The summed E-state index contributed by atoms with van der Waals surface area (Å²) in [6, 6.07) is 13.2. The highest BCUT2D eigenvalue weighted by Crippen LogP contribution is 2.48. The zero-order valence-corrected chi connectivity index (χ0v) is 18.2. The van der Waals surface area contributed by atoms with E-state index >= 15 is 0 Å². The third-order valence-electron chi connectivity index (χ3n) is 7.06. The molecule has 0 spiro atoms. The minimum Gasteiger partial charge on any atom is -0.454 e. The molecule has 0 radical (unpaired) electrons. The van der Waals surface area contributed by atoms with Gasteiger partial charge in [-0.15, -0.1) is 0 Å². The lowest BCUT2D eigenvalue weighted by Gasteiger charge is -2.54. The van der Waals surface area contributed by atoms with E-state index in [2.05, 4.69) is 5.32 Å². The normalized spacial score (nSPS) is 23.0. The fraction of sp³-hybridized carbons (Fsp3) is 0.417. The number of nitrogens with zero attached hydrogens (tertiary/aromatic N) is 1. The van der Waals surface area contributed by atoms with Gasteiger partial charge >= 0.3 is 0 Å².